The topological polar surface area (TPSA) is 95.6 Å². The number of amides is 1. The van der Waals surface area contributed by atoms with Crippen LogP contribution in [0.2, 0.25) is 0 Å². The molecule has 6 heteroatoms. The fourth-order valence-corrected chi connectivity index (χ4v) is 0.138. The maximum absolute atomic E-state index is 11.0. The summed E-state index contributed by atoms with van der Waals surface area (Å²) in [6, 6.07) is 0. The van der Waals surface area contributed by atoms with E-state index in [1.807, 2.05) is 0 Å². The Morgan fingerprint density at radius 3 is 2.18 bits per heavy atom. The molecule has 0 saturated heterocycles. The Kier molecular flexibility index (Phi) is 13.2. The van der Waals surface area contributed by atoms with Crippen molar-refractivity contribution in [3.8, 4) is 0 Å². The Morgan fingerprint density at radius 2 is 2.09 bits per heavy atom. The summed E-state index contributed by atoms with van der Waals surface area (Å²) >= 11 is 0. The van der Waals surface area contributed by atoms with Gasteiger partial charge in [0.2, 0.25) is 0 Å². The van der Waals surface area contributed by atoms with Gasteiger partial charge in [-0.25, -0.2) is 15.0 Å². The number of aliphatic hydroxyl groups excluding tert-OH is 1. The van der Waals surface area contributed by atoms with Gasteiger partial charge < -0.3 is 10.2 Å². The van der Waals surface area contributed by atoms with E-state index in [9.17, 15) is 4.39 Å². The minimum absolute atomic E-state index is 0.0656. The maximum Gasteiger partial charge on any atom is 0.418 e. The summed E-state index contributed by atoms with van der Waals surface area (Å²) in [5.74, 6) is 4.32. The number of carboxylic acid groups (broad SMARTS) is 1. The lowest BCUT2D eigenvalue weighted by molar-refractivity contribution is 0.194. The molecule has 0 aromatic heterocycles. The molecule has 0 aliphatic heterocycles. The van der Waals surface area contributed by atoms with Crippen LogP contribution in [-0.4, -0.2) is 29.6 Å². The van der Waals surface area contributed by atoms with E-state index in [1.165, 1.54) is 17.6 Å². The molecule has 0 heterocycles. The standard InChI is InChI=1S/C4H7FO.CH4N2O2/c5-3-1-2-4-6;2-3-1(4)5/h1-2,6H,3-4H2;3H,2H2,(H,4,5). The highest BCUT2D eigenvalue weighted by molar-refractivity contribution is 5.63. The number of rotatable bonds is 2. The molecule has 0 aromatic carbocycles. The molecule has 0 aliphatic rings. The van der Waals surface area contributed by atoms with Crippen LogP contribution in [0.5, 0.6) is 0 Å². The van der Waals surface area contributed by atoms with Crippen molar-refractivity contribution in [3.05, 3.63) is 12.2 Å². The molecule has 5 N–H and O–H groups in total. The van der Waals surface area contributed by atoms with Crippen LogP contribution < -0.4 is 11.3 Å². The first-order chi connectivity index (χ1) is 5.18. The predicted octanol–water partition coefficient (Wildman–Crippen LogP) is -0.368. The van der Waals surface area contributed by atoms with Crippen molar-refractivity contribution in [2.24, 2.45) is 5.84 Å². The number of nitrogens with two attached hydrogens (primary N) is 1. The van der Waals surface area contributed by atoms with E-state index in [0.717, 1.165) is 0 Å². The minimum Gasteiger partial charge on any atom is -0.464 e. The second-order valence-electron chi connectivity index (χ2n) is 1.26. The highest BCUT2D eigenvalue weighted by Crippen LogP contribution is 1.69. The van der Waals surface area contributed by atoms with Crippen molar-refractivity contribution in [2.75, 3.05) is 13.3 Å². The van der Waals surface area contributed by atoms with Crippen molar-refractivity contribution in [1.82, 2.24) is 5.43 Å². The number of aliphatic hydroxyl groups is 1. The number of nitrogens with one attached hydrogen (secondary N) is 1. The third-order valence-electron chi connectivity index (χ3n) is 0.485. The van der Waals surface area contributed by atoms with Gasteiger partial charge in [0, 0.05) is 0 Å². The summed E-state index contributed by atoms with van der Waals surface area (Å²) in [6.45, 7) is -0.551. The van der Waals surface area contributed by atoms with Crippen LogP contribution in [0.25, 0.3) is 0 Å². The van der Waals surface area contributed by atoms with Gasteiger partial charge in [0.15, 0.2) is 0 Å². The number of allylic oxidation sites excluding steroid dienone is 1. The molecule has 0 unspecified atom stereocenters. The Bertz CT molecular complexity index is 112. The molecular weight excluding hydrogens is 155 g/mol. The lowest BCUT2D eigenvalue weighted by atomic mass is 10.5. The molecule has 0 atom stereocenters. The highest BCUT2D eigenvalue weighted by Gasteiger charge is 1.77. The average molecular weight is 166 g/mol. The molecule has 0 aromatic rings. The van der Waals surface area contributed by atoms with Gasteiger partial charge in [0.05, 0.1) is 6.61 Å². The Morgan fingerprint density at radius 1 is 1.64 bits per heavy atom. The first kappa shape index (κ1) is 12.5. The van der Waals surface area contributed by atoms with Gasteiger partial charge in [-0.3, -0.25) is 5.43 Å². The summed E-state index contributed by atoms with van der Waals surface area (Å²) in [7, 11) is 0. The van der Waals surface area contributed by atoms with Gasteiger partial charge in [-0.05, 0) is 0 Å². The van der Waals surface area contributed by atoms with Gasteiger partial charge in [-0.2, -0.15) is 0 Å². The van der Waals surface area contributed by atoms with Gasteiger partial charge >= 0.3 is 6.09 Å². The highest BCUT2D eigenvalue weighted by atomic mass is 19.1. The fourth-order valence-electron chi connectivity index (χ4n) is 0.138. The van der Waals surface area contributed by atoms with E-state index in [1.54, 1.807) is 0 Å². The van der Waals surface area contributed by atoms with Crippen LogP contribution in [0.15, 0.2) is 12.2 Å². The average Bonchev–Trinajstić information content (AvgIpc) is 2.02. The normalized spacial score (nSPS) is 8.64. The van der Waals surface area contributed by atoms with Crippen LogP contribution in [0.1, 0.15) is 0 Å². The molecule has 0 aliphatic carbocycles. The second kappa shape index (κ2) is 11.6. The monoisotopic (exact) mass is 166 g/mol. The van der Waals surface area contributed by atoms with Crippen LogP contribution in [0.4, 0.5) is 9.18 Å². The molecule has 0 saturated carbocycles. The van der Waals surface area contributed by atoms with E-state index < -0.39 is 12.8 Å². The lowest BCUT2D eigenvalue weighted by Crippen LogP contribution is -2.27. The molecule has 0 spiro atoms. The number of halogens is 1. The van der Waals surface area contributed by atoms with E-state index in [4.69, 9.17) is 15.0 Å². The minimum atomic E-state index is -1.22. The molecule has 11 heavy (non-hydrogen) atoms. The summed E-state index contributed by atoms with van der Waals surface area (Å²) in [5.41, 5.74) is 1.44. The fraction of sp³-hybridized carbons (Fsp3) is 0.400. The van der Waals surface area contributed by atoms with Crippen LogP contribution in [0.3, 0.4) is 0 Å². The Hall–Kier alpha value is -1.14. The van der Waals surface area contributed by atoms with Crippen molar-refractivity contribution in [3.63, 3.8) is 0 Å². The van der Waals surface area contributed by atoms with Crippen LogP contribution in [-0.2, 0) is 0 Å². The third-order valence-corrected chi connectivity index (χ3v) is 0.485. The predicted molar refractivity (Wildman–Crippen MR) is 37.5 cm³/mol. The molecule has 0 rings (SSSR count). The van der Waals surface area contributed by atoms with Crippen molar-refractivity contribution in [2.45, 2.75) is 0 Å². The lowest BCUT2D eigenvalue weighted by Gasteiger charge is -1.79. The summed E-state index contributed by atoms with van der Waals surface area (Å²) in [6.07, 6.45) is 1.41. The van der Waals surface area contributed by atoms with Crippen molar-refractivity contribution >= 4 is 6.09 Å². The number of alkyl halides is 1. The molecule has 0 bridgehead atoms. The van der Waals surface area contributed by atoms with Crippen molar-refractivity contribution < 1.29 is 19.4 Å². The molecule has 5 nitrogen and oxygen atoms in total. The van der Waals surface area contributed by atoms with Gasteiger partial charge in [-0.1, -0.05) is 12.2 Å². The summed E-state index contributed by atoms with van der Waals surface area (Å²) in [5, 5.41) is 15.4. The van der Waals surface area contributed by atoms with Crippen LogP contribution >= 0.6 is 0 Å². The maximum atomic E-state index is 11.0. The van der Waals surface area contributed by atoms with E-state index in [2.05, 4.69) is 5.84 Å². The van der Waals surface area contributed by atoms with Gasteiger partial charge in [0.1, 0.15) is 6.67 Å². The Balaban J connectivity index is 0. The first-order valence-electron chi connectivity index (χ1n) is 2.70. The quantitative estimate of drug-likeness (QED) is 0.195. The largest absolute Gasteiger partial charge is 0.464 e. The Labute approximate surface area is 63.3 Å². The number of hydrogen-bond acceptors (Lipinski definition) is 3. The first-order valence-corrected chi connectivity index (χ1v) is 2.70. The molecule has 1 amide bonds. The van der Waals surface area contributed by atoms with Crippen LogP contribution in [0, 0.1) is 0 Å². The summed E-state index contributed by atoms with van der Waals surface area (Å²) in [4.78, 5) is 9.13. The molecular formula is C5H11FN2O3. The SMILES string of the molecule is NNC(=O)O.OCC=CCF. The van der Waals surface area contributed by atoms with E-state index in [-0.39, 0.29) is 6.61 Å². The van der Waals surface area contributed by atoms with Crippen molar-refractivity contribution in [1.29, 1.82) is 0 Å². The third kappa shape index (κ3) is 28.0. The number of hydrazine groups is 1. The molecule has 0 fully saturated rings. The van der Waals surface area contributed by atoms with E-state index >= 15 is 0 Å². The zero-order chi connectivity index (χ0) is 9.11. The summed E-state index contributed by atoms with van der Waals surface area (Å²) < 4.78 is 11.0. The molecule has 0 radical (unpaired) electrons. The molecule has 66 valence electrons. The van der Waals surface area contributed by atoms with Gasteiger partial charge in [0.25, 0.3) is 0 Å². The van der Waals surface area contributed by atoms with E-state index in [0.29, 0.717) is 0 Å². The second-order valence-corrected chi connectivity index (χ2v) is 1.26. The zero-order valence-corrected chi connectivity index (χ0v) is 5.83. The smallest absolute Gasteiger partial charge is 0.418 e. The number of carbonyl (C=O) groups is 1. The van der Waals surface area contributed by atoms with Gasteiger partial charge in [-0.15, -0.1) is 0 Å². The number of hydrogen-bond donors (Lipinski definition) is 4. The zero-order valence-electron chi connectivity index (χ0n) is 5.83.